The number of para-hydroxylation sites is 2. The molecule has 28 heavy (non-hydrogen) atoms. The molecule has 0 aliphatic carbocycles. The molecule has 0 unspecified atom stereocenters. The molecule has 0 spiro atoms. The molecule has 0 atom stereocenters. The van der Waals surface area contributed by atoms with Crippen molar-refractivity contribution in [2.24, 2.45) is 0 Å². The van der Waals surface area contributed by atoms with Crippen molar-refractivity contribution in [1.29, 1.82) is 0 Å². The standard InChI is InChI=1S/C23H31N3O2/c1-24-12-5-6-19-18(9-10-21(27)23(19)24)11-13-25-14-16-26(17-15-25)20-7-3-4-8-22(20)28-2/h3-4,7-10,27H,5-6,11-17H2,1-2H3. The first-order valence-electron chi connectivity index (χ1n) is 10.3. The van der Waals surface area contributed by atoms with Crippen molar-refractivity contribution in [2.45, 2.75) is 19.3 Å². The lowest BCUT2D eigenvalue weighted by Crippen LogP contribution is -2.47. The normalized spacial score (nSPS) is 17.5. The van der Waals surface area contributed by atoms with E-state index in [2.05, 4.69) is 39.9 Å². The quantitative estimate of drug-likeness (QED) is 0.861. The maximum absolute atomic E-state index is 10.3. The van der Waals surface area contributed by atoms with Gasteiger partial charge >= 0.3 is 0 Å². The van der Waals surface area contributed by atoms with Crippen molar-refractivity contribution in [3.8, 4) is 11.5 Å². The molecule has 1 fully saturated rings. The molecule has 2 aromatic rings. The Kier molecular flexibility index (Phi) is 5.62. The summed E-state index contributed by atoms with van der Waals surface area (Å²) < 4.78 is 5.52. The van der Waals surface area contributed by atoms with E-state index >= 15 is 0 Å². The minimum Gasteiger partial charge on any atom is -0.506 e. The molecule has 150 valence electrons. The van der Waals surface area contributed by atoms with E-state index in [1.54, 1.807) is 7.11 Å². The Labute approximate surface area is 168 Å². The second-order valence-electron chi connectivity index (χ2n) is 7.85. The third-order valence-electron chi connectivity index (χ3n) is 6.16. The molecular formula is C23H31N3O2. The van der Waals surface area contributed by atoms with Crippen molar-refractivity contribution in [3.05, 3.63) is 47.5 Å². The number of hydrogen-bond donors (Lipinski definition) is 1. The number of benzene rings is 2. The van der Waals surface area contributed by atoms with Gasteiger partial charge in [-0.15, -0.1) is 0 Å². The largest absolute Gasteiger partial charge is 0.506 e. The first-order valence-corrected chi connectivity index (χ1v) is 10.3. The van der Waals surface area contributed by atoms with Gasteiger partial charge in [0.2, 0.25) is 0 Å². The van der Waals surface area contributed by atoms with Crippen LogP contribution in [-0.4, -0.2) is 63.4 Å². The Hall–Kier alpha value is -2.40. The van der Waals surface area contributed by atoms with Crippen molar-refractivity contribution >= 4 is 11.4 Å². The van der Waals surface area contributed by atoms with Gasteiger partial charge < -0.3 is 19.6 Å². The number of phenolic OH excluding ortho intramolecular Hbond substituents is 1. The highest BCUT2D eigenvalue weighted by molar-refractivity contribution is 5.66. The summed E-state index contributed by atoms with van der Waals surface area (Å²) in [5.74, 6) is 1.38. The number of piperazine rings is 1. The lowest BCUT2D eigenvalue weighted by Gasteiger charge is -2.37. The van der Waals surface area contributed by atoms with Gasteiger partial charge in [0.25, 0.3) is 0 Å². The molecule has 0 bridgehead atoms. The summed E-state index contributed by atoms with van der Waals surface area (Å²) in [7, 11) is 3.82. The molecule has 4 rings (SSSR count). The van der Waals surface area contributed by atoms with Gasteiger partial charge in [-0.1, -0.05) is 18.2 Å². The smallest absolute Gasteiger partial charge is 0.142 e. The predicted octanol–water partition coefficient (Wildman–Crippen LogP) is 3.15. The SMILES string of the molecule is COc1ccccc1N1CCN(CCc2ccc(O)c3c2CCCN3C)CC1. The topological polar surface area (TPSA) is 39.2 Å². The van der Waals surface area contributed by atoms with Gasteiger partial charge in [-0.3, -0.25) is 4.90 Å². The molecule has 0 saturated carbocycles. The van der Waals surface area contributed by atoms with Crippen molar-refractivity contribution < 1.29 is 9.84 Å². The summed E-state index contributed by atoms with van der Waals surface area (Å²) in [5.41, 5.74) is 4.98. The number of methoxy groups -OCH3 is 1. The number of hydrogen-bond acceptors (Lipinski definition) is 5. The van der Waals surface area contributed by atoms with Crippen LogP contribution in [0.3, 0.4) is 0 Å². The molecule has 5 nitrogen and oxygen atoms in total. The summed E-state index contributed by atoms with van der Waals surface area (Å²) >= 11 is 0. The van der Waals surface area contributed by atoms with E-state index in [4.69, 9.17) is 4.74 Å². The molecule has 2 aliphatic rings. The zero-order valence-electron chi connectivity index (χ0n) is 17.0. The summed E-state index contributed by atoms with van der Waals surface area (Å²) in [6.07, 6.45) is 3.29. The molecule has 1 saturated heterocycles. The van der Waals surface area contributed by atoms with Crippen LogP contribution in [0.4, 0.5) is 11.4 Å². The summed E-state index contributed by atoms with van der Waals surface area (Å²) in [4.78, 5) is 7.17. The van der Waals surface area contributed by atoms with Crippen molar-refractivity contribution in [3.63, 3.8) is 0 Å². The van der Waals surface area contributed by atoms with Crippen LogP contribution in [0.2, 0.25) is 0 Å². The monoisotopic (exact) mass is 381 g/mol. The Morgan fingerprint density at radius 1 is 1.00 bits per heavy atom. The predicted molar refractivity (Wildman–Crippen MR) is 115 cm³/mol. The van der Waals surface area contributed by atoms with Crippen LogP contribution >= 0.6 is 0 Å². The van der Waals surface area contributed by atoms with E-state index in [0.29, 0.717) is 5.75 Å². The number of anilines is 2. The van der Waals surface area contributed by atoms with Crippen LogP contribution in [0.1, 0.15) is 17.5 Å². The fourth-order valence-corrected chi connectivity index (χ4v) is 4.59. The number of nitrogens with zero attached hydrogens (tertiary/aromatic N) is 3. The van der Waals surface area contributed by atoms with Gasteiger partial charge in [-0.2, -0.15) is 0 Å². The fourth-order valence-electron chi connectivity index (χ4n) is 4.59. The maximum atomic E-state index is 10.3. The van der Waals surface area contributed by atoms with Crippen LogP contribution in [0, 0.1) is 0 Å². The van der Waals surface area contributed by atoms with Gasteiger partial charge in [-0.25, -0.2) is 0 Å². The van der Waals surface area contributed by atoms with E-state index in [9.17, 15) is 5.11 Å². The maximum Gasteiger partial charge on any atom is 0.142 e. The molecular weight excluding hydrogens is 350 g/mol. The lowest BCUT2D eigenvalue weighted by molar-refractivity contribution is 0.260. The number of aromatic hydroxyl groups is 1. The average Bonchev–Trinajstić information content (AvgIpc) is 2.74. The van der Waals surface area contributed by atoms with Crippen LogP contribution in [0.5, 0.6) is 11.5 Å². The summed E-state index contributed by atoms with van der Waals surface area (Å²) in [5, 5.41) is 10.3. The van der Waals surface area contributed by atoms with Crippen LogP contribution in [0.15, 0.2) is 36.4 Å². The molecule has 1 N–H and O–H groups in total. The molecule has 5 heteroatoms. The Bertz CT molecular complexity index is 815. The van der Waals surface area contributed by atoms with E-state index in [1.165, 1.54) is 16.8 Å². The minimum absolute atomic E-state index is 0.423. The molecule has 2 heterocycles. The van der Waals surface area contributed by atoms with E-state index in [0.717, 1.165) is 70.0 Å². The average molecular weight is 382 g/mol. The lowest BCUT2D eigenvalue weighted by atomic mass is 9.94. The molecule has 0 amide bonds. The third kappa shape index (κ3) is 3.76. The molecule has 0 aromatic heterocycles. The molecule has 2 aliphatic heterocycles. The zero-order chi connectivity index (χ0) is 19.5. The van der Waals surface area contributed by atoms with Crippen LogP contribution in [0.25, 0.3) is 0 Å². The van der Waals surface area contributed by atoms with E-state index < -0.39 is 0 Å². The second kappa shape index (κ2) is 8.31. The van der Waals surface area contributed by atoms with Crippen LogP contribution in [-0.2, 0) is 12.8 Å². The summed E-state index contributed by atoms with van der Waals surface area (Å²) in [6, 6.07) is 12.3. The number of ether oxygens (including phenoxy) is 1. The summed E-state index contributed by atoms with van der Waals surface area (Å²) in [6.45, 7) is 6.28. The minimum atomic E-state index is 0.423. The highest BCUT2D eigenvalue weighted by Gasteiger charge is 2.22. The highest BCUT2D eigenvalue weighted by atomic mass is 16.5. The molecule has 0 radical (unpaired) electrons. The number of rotatable bonds is 5. The van der Waals surface area contributed by atoms with Gasteiger partial charge in [-0.05, 0) is 48.6 Å². The van der Waals surface area contributed by atoms with Crippen molar-refractivity contribution in [2.75, 3.05) is 63.2 Å². The first-order chi connectivity index (χ1) is 13.7. The Morgan fingerprint density at radius 2 is 1.79 bits per heavy atom. The zero-order valence-corrected chi connectivity index (χ0v) is 17.0. The Morgan fingerprint density at radius 3 is 2.57 bits per heavy atom. The first kappa shape index (κ1) is 18.9. The van der Waals surface area contributed by atoms with Gasteiger partial charge in [0.05, 0.1) is 18.5 Å². The van der Waals surface area contributed by atoms with E-state index in [1.807, 2.05) is 18.2 Å². The van der Waals surface area contributed by atoms with Gasteiger partial charge in [0, 0.05) is 46.3 Å². The number of phenols is 1. The highest BCUT2D eigenvalue weighted by Crippen LogP contribution is 2.37. The van der Waals surface area contributed by atoms with Crippen LogP contribution < -0.4 is 14.5 Å². The van der Waals surface area contributed by atoms with Crippen molar-refractivity contribution in [1.82, 2.24) is 4.90 Å². The van der Waals surface area contributed by atoms with E-state index in [-0.39, 0.29) is 0 Å². The Balaban J connectivity index is 1.37. The van der Waals surface area contributed by atoms with Gasteiger partial charge in [0.15, 0.2) is 0 Å². The second-order valence-corrected chi connectivity index (χ2v) is 7.85. The number of fused-ring (bicyclic) bond motifs is 1. The van der Waals surface area contributed by atoms with Gasteiger partial charge in [0.1, 0.15) is 11.5 Å². The third-order valence-corrected chi connectivity index (χ3v) is 6.16. The fraction of sp³-hybridized carbons (Fsp3) is 0.478. The molecule has 2 aromatic carbocycles.